The Bertz CT molecular complexity index is 436. The minimum Gasteiger partial charge on any atom is -0.508 e. The van der Waals surface area contributed by atoms with Gasteiger partial charge in [0.25, 0.3) is 0 Å². The molecule has 0 amide bonds. The van der Waals surface area contributed by atoms with Crippen LogP contribution in [0, 0.1) is 5.92 Å². The van der Waals surface area contributed by atoms with Crippen LogP contribution in [-0.2, 0) is 4.74 Å². The van der Waals surface area contributed by atoms with Gasteiger partial charge in [0.15, 0.2) is 0 Å². The van der Waals surface area contributed by atoms with Gasteiger partial charge in [-0.15, -0.1) is 0 Å². The second kappa shape index (κ2) is 6.95. The van der Waals surface area contributed by atoms with Crippen molar-refractivity contribution in [2.24, 2.45) is 5.92 Å². The highest BCUT2D eigenvalue weighted by Gasteiger charge is 2.23. The number of aromatic hydroxyl groups is 1. The fraction of sp³-hybridized carbons (Fsp3) is 0.625. The number of benzene rings is 1. The van der Waals surface area contributed by atoms with E-state index in [1.54, 1.807) is 7.11 Å². The molecule has 112 valence electrons. The molecule has 20 heavy (non-hydrogen) atoms. The molecule has 0 spiro atoms. The van der Waals surface area contributed by atoms with Crippen molar-refractivity contribution in [2.45, 2.75) is 26.3 Å². The summed E-state index contributed by atoms with van der Waals surface area (Å²) in [6.07, 6.45) is 1.16. The van der Waals surface area contributed by atoms with Crippen molar-refractivity contribution in [1.82, 2.24) is 5.32 Å². The van der Waals surface area contributed by atoms with Crippen LogP contribution in [0.1, 0.15) is 31.9 Å². The zero-order chi connectivity index (χ0) is 14.5. The second-order valence-electron chi connectivity index (χ2n) is 5.58. The molecule has 2 atom stereocenters. The molecule has 1 aliphatic heterocycles. The molecule has 1 fully saturated rings. The number of rotatable bonds is 6. The van der Waals surface area contributed by atoms with Gasteiger partial charge in [0.05, 0.1) is 6.61 Å². The van der Waals surface area contributed by atoms with Gasteiger partial charge >= 0.3 is 0 Å². The lowest BCUT2D eigenvalue weighted by Gasteiger charge is -2.21. The van der Waals surface area contributed by atoms with Crippen molar-refractivity contribution < 1.29 is 9.84 Å². The number of phenolic OH excluding ortho intramolecular Hbond substituents is 1. The third-order valence-corrected chi connectivity index (χ3v) is 4.04. The van der Waals surface area contributed by atoms with Gasteiger partial charge in [-0.1, -0.05) is 13.0 Å². The molecule has 0 bridgehead atoms. The first kappa shape index (κ1) is 15.1. The Morgan fingerprint density at radius 2 is 2.30 bits per heavy atom. The summed E-state index contributed by atoms with van der Waals surface area (Å²) < 4.78 is 5.23. The highest BCUT2D eigenvalue weighted by molar-refractivity contribution is 5.54. The Balaban J connectivity index is 2.06. The predicted octanol–water partition coefficient (Wildman–Crippen LogP) is 2.54. The summed E-state index contributed by atoms with van der Waals surface area (Å²) in [5.74, 6) is 0.980. The molecule has 0 aliphatic carbocycles. The molecule has 4 nitrogen and oxygen atoms in total. The number of hydrogen-bond donors (Lipinski definition) is 2. The van der Waals surface area contributed by atoms with Crippen LogP contribution in [0.4, 0.5) is 5.69 Å². The number of anilines is 1. The van der Waals surface area contributed by atoms with Crippen molar-refractivity contribution in [3.8, 4) is 5.75 Å². The van der Waals surface area contributed by atoms with E-state index < -0.39 is 0 Å². The van der Waals surface area contributed by atoms with Crippen LogP contribution in [0.15, 0.2) is 18.2 Å². The monoisotopic (exact) mass is 278 g/mol. The lowest BCUT2D eigenvalue weighted by molar-refractivity contribution is 0.161. The van der Waals surface area contributed by atoms with E-state index in [9.17, 15) is 5.11 Å². The van der Waals surface area contributed by atoms with E-state index in [2.05, 4.69) is 30.1 Å². The van der Waals surface area contributed by atoms with Crippen molar-refractivity contribution in [1.29, 1.82) is 0 Å². The quantitative estimate of drug-likeness (QED) is 0.839. The van der Waals surface area contributed by atoms with Gasteiger partial charge < -0.3 is 20.1 Å². The maximum atomic E-state index is 10.2. The van der Waals surface area contributed by atoms with Crippen LogP contribution < -0.4 is 10.2 Å². The third-order valence-electron chi connectivity index (χ3n) is 4.04. The molecule has 1 aliphatic rings. The first-order chi connectivity index (χ1) is 9.65. The normalized spacial score (nSPS) is 20.4. The zero-order valence-corrected chi connectivity index (χ0v) is 12.7. The third kappa shape index (κ3) is 3.44. The number of ether oxygens (including phenoxy) is 1. The average molecular weight is 278 g/mol. The van der Waals surface area contributed by atoms with Crippen LogP contribution in [0.5, 0.6) is 5.75 Å². The first-order valence-corrected chi connectivity index (χ1v) is 7.45. The Kier molecular flexibility index (Phi) is 5.26. The standard InChI is InChI=1S/C16H26N2O2/c1-4-17-12(2)15-6-5-14(9-16(15)19)18-8-7-13(10-18)11-20-3/h5-6,9,12-13,17,19H,4,7-8,10-11H2,1-3H3. The van der Waals surface area contributed by atoms with Crippen molar-refractivity contribution in [3.63, 3.8) is 0 Å². The summed E-state index contributed by atoms with van der Waals surface area (Å²) in [6, 6.07) is 6.20. The van der Waals surface area contributed by atoms with Crippen LogP contribution in [0.2, 0.25) is 0 Å². The van der Waals surface area contributed by atoms with Gasteiger partial charge in [-0.05, 0) is 26.0 Å². The molecule has 2 unspecified atom stereocenters. The molecule has 2 rings (SSSR count). The van der Waals surface area contributed by atoms with Crippen molar-refractivity contribution >= 4 is 5.69 Å². The smallest absolute Gasteiger partial charge is 0.122 e. The topological polar surface area (TPSA) is 44.7 Å². The van der Waals surface area contributed by atoms with Crippen molar-refractivity contribution in [3.05, 3.63) is 23.8 Å². The molecule has 4 heteroatoms. The number of phenols is 1. The van der Waals surface area contributed by atoms with E-state index in [4.69, 9.17) is 4.74 Å². The van der Waals surface area contributed by atoms with Gasteiger partial charge in [-0.25, -0.2) is 0 Å². The lowest BCUT2D eigenvalue weighted by Crippen LogP contribution is -2.21. The zero-order valence-electron chi connectivity index (χ0n) is 12.7. The van der Waals surface area contributed by atoms with E-state index in [1.807, 2.05) is 12.1 Å². The maximum absolute atomic E-state index is 10.2. The van der Waals surface area contributed by atoms with Gasteiger partial charge in [0.2, 0.25) is 0 Å². The van der Waals surface area contributed by atoms with Crippen LogP contribution >= 0.6 is 0 Å². The summed E-state index contributed by atoms with van der Waals surface area (Å²) in [5, 5.41) is 13.6. The van der Waals surface area contributed by atoms with Crippen LogP contribution in [0.25, 0.3) is 0 Å². The minimum atomic E-state index is 0.175. The molecular weight excluding hydrogens is 252 g/mol. The average Bonchev–Trinajstić information content (AvgIpc) is 2.88. The van der Waals surface area contributed by atoms with E-state index in [0.29, 0.717) is 11.7 Å². The largest absolute Gasteiger partial charge is 0.508 e. The summed E-state index contributed by atoms with van der Waals surface area (Å²) in [5.41, 5.74) is 2.07. The number of methoxy groups -OCH3 is 1. The fourth-order valence-electron chi connectivity index (χ4n) is 2.95. The van der Waals surface area contributed by atoms with E-state index in [-0.39, 0.29) is 6.04 Å². The fourth-order valence-corrected chi connectivity index (χ4v) is 2.95. The second-order valence-corrected chi connectivity index (χ2v) is 5.58. The lowest BCUT2D eigenvalue weighted by atomic mass is 10.1. The first-order valence-electron chi connectivity index (χ1n) is 7.45. The van der Waals surface area contributed by atoms with Crippen LogP contribution in [0.3, 0.4) is 0 Å². The highest BCUT2D eigenvalue weighted by atomic mass is 16.5. The molecule has 1 aromatic rings. The molecule has 0 aromatic heterocycles. The Morgan fingerprint density at radius 1 is 1.50 bits per heavy atom. The van der Waals surface area contributed by atoms with Gasteiger partial charge in [0.1, 0.15) is 5.75 Å². The highest BCUT2D eigenvalue weighted by Crippen LogP contribution is 2.31. The molecule has 0 radical (unpaired) electrons. The molecule has 1 aromatic carbocycles. The number of nitrogens with zero attached hydrogens (tertiary/aromatic N) is 1. The Labute approximate surface area is 121 Å². The maximum Gasteiger partial charge on any atom is 0.122 e. The minimum absolute atomic E-state index is 0.175. The molecule has 1 heterocycles. The molecule has 0 saturated carbocycles. The number of nitrogens with one attached hydrogen (secondary N) is 1. The molecule has 1 saturated heterocycles. The predicted molar refractivity (Wildman–Crippen MR) is 82.4 cm³/mol. The summed E-state index contributed by atoms with van der Waals surface area (Å²) in [4.78, 5) is 2.32. The Morgan fingerprint density at radius 3 is 2.95 bits per heavy atom. The van der Waals surface area contributed by atoms with Gasteiger partial charge in [0, 0.05) is 49.5 Å². The summed E-state index contributed by atoms with van der Waals surface area (Å²) >= 11 is 0. The molecule has 2 N–H and O–H groups in total. The van der Waals surface area contributed by atoms with E-state index >= 15 is 0 Å². The van der Waals surface area contributed by atoms with Gasteiger partial charge in [-0.2, -0.15) is 0 Å². The van der Waals surface area contributed by atoms with E-state index in [0.717, 1.165) is 43.9 Å². The van der Waals surface area contributed by atoms with Crippen LogP contribution in [-0.4, -0.2) is 38.5 Å². The number of hydrogen-bond acceptors (Lipinski definition) is 4. The summed E-state index contributed by atoms with van der Waals surface area (Å²) in [6.45, 7) is 7.90. The van der Waals surface area contributed by atoms with E-state index in [1.165, 1.54) is 0 Å². The van der Waals surface area contributed by atoms with Gasteiger partial charge in [-0.3, -0.25) is 0 Å². The van der Waals surface area contributed by atoms with Crippen molar-refractivity contribution in [2.75, 3.05) is 38.3 Å². The summed E-state index contributed by atoms with van der Waals surface area (Å²) in [7, 11) is 1.76. The molecular formula is C16H26N2O2. The SMILES string of the molecule is CCNC(C)c1ccc(N2CCC(COC)C2)cc1O. The Hall–Kier alpha value is -1.26.